The van der Waals surface area contributed by atoms with Crippen LogP contribution in [-0.4, -0.2) is 42.5 Å². The number of fused-ring (bicyclic) bond motifs is 2. The first-order valence-electron chi connectivity index (χ1n) is 9.05. The van der Waals surface area contributed by atoms with Crippen molar-refractivity contribution in [3.63, 3.8) is 0 Å². The van der Waals surface area contributed by atoms with E-state index >= 15 is 0 Å². The number of rotatable bonds is 3. The van der Waals surface area contributed by atoms with E-state index in [0.717, 1.165) is 13.0 Å². The molecule has 0 bridgehead atoms. The van der Waals surface area contributed by atoms with Gasteiger partial charge < -0.3 is 4.90 Å². The third-order valence-corrected chi connectivity index (χ3v) is 6.85. The van der Waals surface area contributed by atoms with Crippen molar-refractivity contribution in [1.82, 2.24) is 9.80 Å². The molecule has 26 heavy (non-hydrogen) atoms. The van der Waals surface area contributed by atoms with Crippen LogP contribution in [0.4, 0.5) is 0 Å². The molecule has 0 radical (unpaired) electrons. The lowest BCUT2D eigenvalue weighted by molar-refractivity contribution is 0.202. The van der Waals surface area contributed by atoms with Gasteiger partial charge in [-0.2, -0.15) is 0 Å². The van der Waals surface area contributed by atoms with E-state index in [1.54, 1.807) is 0 Å². The van der Waals surface area contributed by atoms with Crippen LogP contribution >= 0.6 is 36.6 Å². The van der Waals surface area contributed by atoms with E-state index in [4.69, 9.17) is 0 Å². The lowest BCUT2D eigenvalue weighted by atomic mass is 9.97. The van der Waals surface area contributed by atoms with Gasteiger partial charge in [0, 0.05) is 35.0 Å². The van der Waals surface area contributed by atoms with Gasteiger partial charge in [-0.15, -0.1) is 24.8 Å². The van der Waals surface area contributed by atoms with E-state index in [0.29, 0.717) is 12.1 Å². The highest BCUT2D eigenvalue weighted by molar-refractivity contribution is 7.99. The Balaban J connectivity index is 0.00000121. The molecule has 1 saturated heterocycles. The zero-order valence-corrected chi connectivity index (χ0v) is 17.9. The van der Waals surface area contributed by atoms with Crippen molar-refractivity contribution < 1.29 is 0 Å². The zero-order valence-electron chi connectivity index (χ0n) is 15.4. The van der Waals surface area contributed by atoms with Crippen molar-refractivity contribution in [2.45, 2.75) is 41.6 Å². The minimum atomic E-state index is 0. The van der Waals surface area contributed by atoms with Gasteiger partial charge in [0.2, 0.25) is 0 Å². The van der Waals surface area contributed by atoms with Gasteiger partial charge in [-0.05, 0) is 49.7 Å². The van der Waals surface area contributed by atoms with Gasteiger partial charge >= 0.3 is 0 Å². The molecule has 2 atom stereocenters. The Bertz CT molecular complexity index is 725. The highest BCUT2D eigenvalue weighted by atomic mass is 35.5. The van der Waals surface area contributed by atoms with E-state index in [2.05, 4.69) is 72.3 Å². The Kier molecular flexibility index (Phi) is 7.87. The lowest BCUT2D eigenvalue weighted by Crippen LogP contribution is -2.36. The fourth-order valence-corrected chi connectivity index (χ4v) is 5.19. The van der Waals surface area contributed by atoms with E-state index < -0.39 is 0 Å². The highest BCUT2D eigenvalue weighted by Gasteiger charge is 2.33. The molecule has 4 rings (SSSR count). The quantitative estimate of drug-likeness (QED) is 0.676. The third kappa shape index (κ3) is 4.23. The summed E-state index contributed by atoms with van der Waals surface area (Å²) >= 11 is 1.94. The average Bonchev–Trinajstić information content (AvgIpc) is 3.04. The van der Waals surface area contributed by atoms with Crippen LogP contribution < -0.4 is 0 Å². The molecule has 0 saturated carbocycles. The summed E-state index contributed by atoms with van der Waals surface area (Å²) in [5.74, 6) is 0. The normalized spacial score (nSPS) is 22.0. The monoisotopic (exact) mass is 410 g/mol. The number of likely N-dealkylation sites (tertiary alicyclic amines) is 1. The van der Waals surface area contributed by atoms with E-state index in [-0.39, 0.29) is 24.8 Å². The standard InChI is InChI=1S/C21H26N2S.2ClH/c1-3-22(2)17-12-13-23(15-17)19-14-16-8-4-6-10-20(16)24-21-11-7-5-9-18(19)21;;/h4-11,17,19H,3,12-15H2,1-2H3;2*1H/t17-,19?;;/m0../s1. The molecule has 1 unspecified atom stereocenters. The van der Waals surface area contributed by atoms with E-state index in [1.165, 1.54) is 40.4 Å². The average molecular weight is 411 g/mol. The van der Waals surface area contributed by atoms with Crippen LogP contribution in [0.3, 0.4) is 0 Å². The first kappa shape index (κ1) is 21.6. The maximum Gasteiger partial charge on any atom is 0.0400 e. The van der Waals surface area contributed by atoms with Gasteiger partial charge in [0.05, 0.1) is 0 Å². The fraction of sp³-hybridized carbons (Fsp3) is 0.429. The molecule has 142 valence electrons. The number of benzene rings is 2. The van der Waals surface area contributed by atoms with Crippen LogP contribution in [0.25, 0.3) is 0 Å². The van der Waals surface area contributed by atoms with Crippen molar-refractivity contribution in [3.05, 3.63) is 59.7 Å². The van der Waals surface area contributed by atoms with E-state index in [9.17, 15) is 0 Å². The summed E-state index contributed by atoms with van der Waals surface area (Å²) in [4.78, 5) is 8.08. The summed E-state index contributed by atoms with van der Waals surface area (Å²) < 4.78 is 0. The predicted octanol–water partition coefficient (Wildman–Crippen LogP) is 5.30. The van der Waals surface area contributed by atoms with Crippen molar-refractivity contribution >= 4 is 36.6 Å². The van der Waals surface area contributed by atoms with Crippen molar-refractivity contribution in [2.24, 2.45) is 0 Å². The van der Waals surface area contributed by atoms with Gasteiger partial charge in [-0.1, -0.05) is 55.1 Å². The Labute approximate surface area is 174 Å². The smallest absolute Gasteiger partial charge is 0.0400 e. The first-order valence-corrected chi connectivity index (χ1v) is 9.87. The van der Waals surface area contributed by atoms with Gasteiger partial charge in [0.15, 0.2) is 0 Å². The fourth-order valence-electron chi connectivity index (χ4n) is 4.05. The summed E-state index contributed by atoms with van der Waals surface area (Å²) in [6, 6.07) is 19.2. The van der Waals surface area contributed by atoms with Gasteiger partial charge in [-0.3, -0.25) is 4.90 Å². The maximum absolute atomic E-state index is 2.72. The second-order valence-electron chi connectivity index (χ2n) is 6.98. The molecule has 2 aromatic rings. The molecule has 0 aliphatic carbocycles. The van der Waals surface area contributed by atoms with Crippen molar-refractivity contribution in [1.29, 1.82) is 0 Å². The zero-order chi connectivity index (χ0) is 16.5. The first-order chi connectivity index (χ1) is 11.8. The van der Waals surface area contributed by atoms with Gasteiger partial charge in [0.1, 0.15) is 0 Å². The molecule has 2 aliphatic rings. The SMILES string of the molecule is CCN(C)[C@H]1CCN(C2Cc3ccccc3Sc3ccccc32)C1.Cl.Cl. The molecule has 2 nitrogen and oxygen atoms in total. The van der Waals surface area contributed by atoms with Crippen LogP contribution in [0.5, 0.6) is 0 Å². The lowest BCUT2D eigenvalue weighted by Gasteiger charge is -2.30. The van der Waals surface area contributed by atoms with Gasteiger partial charge in [0.25, 0.3) is 0 Å². The van der Waals surface area contributed by atoms with Crippen LogP contribution in [0.1, 0.15) is 30.5 Å². The minimum Gasteiger partial charge on any atom is -0.302 e. The molecular weight excluding hydrogens is 383 g/mol. The molecule has 2 aliphatic heterocycles. The Morgan fingerprint density at radius 1 is 1.04 bits per heavy atom. The Morgan fingerprint density at radius 2 is 1.73 bits per heavy atom. The van der Waals surface area contributed by atoms with Crippen LogP contribution in [0.15, 0.2) is 58.3 Å². The maximum atomic E-state index is 2.72. The number of likely N-dealkylation sites (N-methyl/N-ethyl adjacent to an activating group) is 1. The molecule has 0 N–H and O–H groups in total. The van der Waals surface area contributed by atoms with Crippen molar-refractivity contribution in [3.8, 4) is 0 Å². The molecule has 2 aromatic carbocycles. The second-order valence-corrected chi connectivity index (χ2v) is 8.06. The van der Waals surface area contributed by atoms with Crippen LogP contribution in [-0.2, 0) is 6.42 Å². The van der Waals surface area contributed by atoms with E-state index in [1.807, 2.05) is 11.8 Å². The predicted molar refractivity (Wildman–Crippen MR) is 116 cm³/mol. The molecule has 0 aromatic heterocycles. The number of halogens is 2. The largest absolute Gasteiger partial charge is 0.302 e. The summed E-state index contributed by atoms with van der Waals surface area (Å²) in [6.45, 7) is 5.80. The summed E-state index contributed by atoms with van der Waals surface area (Å²) in [6.07, 6.45) is 2.42. The van der Waals surface area contributed by atoms with Gasteiger partial charge in [-0.25, -0.2) is 0 Å². The molecular formula is C21H28Cl2N2S. The minimum absolute atomic E-state index is 0. The number of nitrogens with zero attached hydrogens (tertiary/aromatic N) is 2. The molecule has 5 heteroatoms. The Hall–Kier alpha value is -0.710. The molecule has 0 spiro atoms. The Morgan fingerprint density at radius 3 is 2.50 bits per heavy atom. The molecule has 0 amide bonds. The van der Waals surface area contributed by atoms with Crippen LogP contribution in [0, 0.1) is 0 Å². The second kappa shape index (κ2) is 9.48. The van der Waals surface area contributed by atoms with Crippen LogP contribution in [0.2, 0.25) is 0 Å². The third-order valence-electron chi connectivity index (χ3n) is 5.64. The number of hydrogen-bond donors (Lipinski definition) is 0. The highest BCUT2D eigenvalue weighted by Crippen LogP contribution is 2.43. The summed E-state index contributed by atoms with van der Waals surface area (Å²) in [5.41, 5.74) is 3.01. The van der Waals surface area contributed by atoms with Crippen molar-refractivity contribution in [2.75, 3.05) is 26.7 Å². The number of hydrogen-bond acceptors (Lipinski definition) is 3. The summed E-state index contributed by atoms with van der Waals surface area (Å²) in [5, 5.41) is 0. The molecule has 2 heterocycles. The topological polar surface area (TPSA) is 6.48 Å². The summed E-state index contributed by atoms with van der Waals surface area (Å²) in [7, 11) is 2.26. The molecule has 1 fully saturated rings.